The average Bonchev–Trinajstić information content (AvgIpc) is 2.35. The highest BCUT2D eigenvalue weighted by Gasteiger charge is 2.17. The van der Waals surface area contributed by atoms with Crippen LogP contribution in [-0.2, 0) is 20.7 Å². The molecule has 86 valence electrons. The maximum Gasteiger partial charge on any atom is 0.341 e. The topological polar surface area (TPSA) is 55.8 Å². The molecule has 0 aliphatic carbocycles. The van der Waals surface area contributed by atoms with E-state index in [2.05, 4.69) is 9.47 Å². The zero-order chi connectivity index (χ0) is 12.0. The number of carbonyl (C=O) groups is 1. The molecule has 0 aliphatic heterocycles. The van der Waals surface area contributed by atoms with Crippen molar-refractivity contribution in [2.75, 3.05) is 14.2 Å². The lowest BCUT2D eigenvalue weighted by Gasteiger charge is -2.07. The van der Waals surface area contributed by atoms with Crippen LogP contribution >= 0.6 is 0 Å². The lowest BCUT2D eigenvalue weighted by atomic mass is 10.1. The summed E-state index contributed by atoms with van der Waals surface area (Å²) in [5.41, 5.74) is 1.00. The van der Waals surface area contributed by atoms with Gasteiger partial charge in [0.25, 0.3) is 5.95 Å². The summed E-state index contributed by atoms with van der Waals surface area (Å²) in [5, 5.41) is 9.44. The minimum Gasteiger partial charge on any atom is -0.481 e. The van der Waals surface area contributed by atoms with E-state index in [1.807, 2.05) is 30.3 Å². The number of ether oxygens (including phenoxy) is 2. The van der Waals surface area contributed by atoms with Gasteiger partial charge in [0, 0.05) is 6.42 Å². The van der Waals surface area contributed by atoms with Crippen molar-refractivity contribution in [2.45, 2.75) is 6.42 Å². The van der Waals surface area contributed by atoms with Crippen LogP contribution < -0.4 is 0 Å². The predicted molar refractivity (Wildman–Crippen MR) is 58.8 cm³/mol. The average molecular weight is 222 g/mol. The molecule has 0 saturated carbocycles. The molecule has 0 fully saturated rings. The molecule has 0 saturated heterocycles. The standard InChI is InChI=1S/C12H14O4/c1-15-11(13)10(12(14)16-2)8-9-6-4-3-5-7-9/h3-7,13H,8H2,1-2H3. The second kappa shape index (κ2) is 5.80. The van der Waals surface area contributed by atoms with E-state index in [1.165, 1.54) is 14.2 Å². The van der Waals surface area contributed by atoms with Gasteiger partial charge in [0.1, 0.15) is 5.57 Å². The summed E-state index contributed by atoms with van der Waals surface area (Å²) in [5.74, 6) is -1.00. The molecule has 0 radical (unpaired) electrons. The summed E-state index contributed by atoms with van der Waals surface area (Å²) in [6, 6.07) is 9.29. The highest BCUT2D eigenvalue weighted by atomic mass is 16.6. The van der Waals surface area contributed by atoms with E-state index in [1.54, 1.807) is 0 Å². The number of benzene rings is 1. The van der Waals surface area contributed by atoms with Crippen molar-refractivity contribution < 1.29 is 19.4 Å². The van der Waals surface area contributed by atoms with Crippen LogP contribution in [0.1, 0.15) is 5.56 Å². The van der Waals surface area contributed by atoms with Gasteiger partial charge in [0.05, 0.1) is 14.2 Å². The van der Waals surface area contributed by atoms with Crippen LogP contribution in [0.3, 0.4) is 0 Å². The molecule has 0 spiro atoms. The Morgan fingerprint density at radius 2 is 1.81 bits per heavy atom. The van der Waals surface area contributed by atoms with Gasteiger partial charge < -0.3 is 14.6 Å². The van der Waals surface area contributed by atoms with Gasteiger partial charge in [-0.25, -0.2) is 4.79 Å². The van der Waals surface area contributed by atoms with Crippen LogP contribution in [0.4, 0.5) is 0 Å². The van der Waals surface area contributed by atoms with Crippen LogP contribution in [0.15, 0.2) is 41.9 Å². The Kier molecular flexibility index (Phi) is 4.39. The number of aliphatic hydroxyl groups is 1. The van der Waals surface area contributed by atoms with E-state index < -0.39 is 11.9 Å². The third-order valence-electron chi connectivity index (χ3n) is 2.11. The number of carbonyl (C=O) groups excluding carboxylic acids is 1. The molecule has 16 heavy (non-hydrogen) atoms. The van der Waals surface area contributed by atoms with Crippen LogP contribution in [0.2, 0.25) is 0 Å². The van der Waals surface area contributed by atoms with Crippen molar-refractivity contribution in [3.63, 3.8) is 0 Å². The SMILES string of the molecule is COC(=O)C(Cc1ccccc1)=C(O)OC. The molecular weight excluding hydrogens is 208 g/mol. The van der Waals surface area contributed by atoms with E-state index >= 15 is 0 Å². The second-order valence-electron chi connectivity index (χ2n) is 3.14. The molecule has 4 heteroatoms. The highest BCUT2D eigenvalue weighted by molar-refractivity contribution is 5.89. The monoisotopic (exact) mass is 222 g/mol. The summed E-state index contributed by atoms with van der Waals surface area (Å²) in [6.07, 6.45) is 0.271. The highest BCUT2D eigenvalue weighted by Crippen LogP contribution is 2.12. The Hall–Kier alpha value is -1.97. The van der Waals surface area contributed by atoms with E-state index in [0.717, 1.165) is 5.56 Å². The molecule has 1 aromatic carbocycles. The van der Waals surface area contributed by atoms with Gasteiger partial charge in [0.2, 0.25) is 0 Å². The first-order chi connectivity index (χ1) is 7.69. The molecule has 1 N–H and O–H groups in total. The molecule has 0 aliphatic rings. The zero-order valence-electron chi connectivity index (χ0n) is 9.27. The minimum absolute atomic E-state index is 0.108. The Labute approximate surface area is 94.1 Å². The number of methoxy groups -OCH3 is 2. The van der Waals surface area contributed by atoms with Crippen LogP contribution in [0.25, 0.3) is 0 Å². The van der Waals surface area contributed by atoms with Gasteiger partial charge in [-0.05, 0) is 5.56 Å². The molecule has 0 amide bonds. The van der Waals surface area contributed by atoms with Gasteiger partial charge in [-0.3, -0.25) is 0 Å². The first-order valence-electron chi connectivity index (χ1n) is 4.77. The van der Waals surface area contributed by atoms with Crippen molar-refractivity contribution in [2.24, 2.45) is 0 Å². The third kappa shape index (κ3) is 3.02. The smallest absolute Gasteiger partial charge is 0.341 e. The maximum atomic E-state index is 11.4. The second-order valence-corrected chi connectivity index (χ2v) is 3.14. The summed E-state index contributed by atoms with van der Waals surface area (Å²) < 4.78 is 9.21. The van der Waals surface area contributed by atoms with Gasteiger partial charge in [-0.15, -0.1) is 0 Å². The maximum absolute atomic E-state index is 11.4. The Balaban J connectivity index is 2.93. The molecule has 0 heterocycles. The summed E-state index contributed by atoms with van der Waals surface area (Å²) in [4.78, 5) is 11.4. The lowest BCUT2D eigenvalue weighted by molar-refractivity contribution is -0.136. The number of hydrogen-bond donors (Lipinski definition) is 1. The van der Waals surface area contributed by atoms with Crippen molar-refractivity contribution in [1.82, 2.24) is 0 Å². The van der Waals surface area contributed by atoms with Gasteiger partial charge in [-0.1, -0.05) is 30.3 Å². The molecule has 4 nitrogen and oxygen atoms in total. The summed E-state index contributed by atoms with van der Waals surface area (Å²) in [6.45, 7) is 0. The summed E-state index contributed by atoms with van der Waals surface area (Å²) >= 11 is 0. The molecular formula is C12H14O4. The van der Waals surface area contributed by atoms with Crippen LogP contribution in [-0.4, -0.2) is 25.3 Å². The number of aliphatic hydroxyl groups excluding tert-OH is 1. The van der Waals surface area contributed by atoms with E-state index in [0.29, 0.717) is 0 Å². The van der Waals surface area contributed by atoms with Crippen LogP contribution in [0.5, 0.6) is 0 Å². The quantitative estimate of drug-likeness (QED) is 0.479. The first kappa shape index (κ1) is 12.1. The molecule has 1 aromatic rings. The zero-order valence-corrected chi connectivity index (χ0v) is 9.27. The first-order valence-corrected chi connectivity index (χ1v) is 4.77. The number of rotatable bonds is 4. The molecule has 0 bridgehead atoms. The van der Waals surface area contributed by atoms with E-state index in [-0.39, 0.29) is 12.0 Å². The fourth-order valence-corrected chi connectivity index (χ4v) is 1.28. The van der Waals surface area contributed by atoms with Gasteiger partial charge in [0.15, 0.2) is 0 Å². The van der Waals surface area contributed by atoms with Crippen LogP contribution in [0, 0.1) is 0 Å². The minimum atomic E-state index is -0.594. The normalized spacial score (nSPS) is 11.6. The molecule has 0 unspecified atom stereocenters. The van der Waals surface area contributed by atoms with Crippen molar-refractivity contribution in [3.05, 3.63) is 47.4 Å². The molecule has 1 rings (SSSR count). The van der Waals surface area contributed by atoms with Crippen molar-refractivity contribution in [3.8, 4) is 0 Å². The third-order valence-corrected chi connectivity index (χ3v) is 2.11. The summed E-state index contributed by atoms with van der Waals surface area (Å²) in [7, 11) is 2.56. The van der Waals surface area contributed by atoms with Gasteiger partial charge in [-0.2, -0.15) is 0 Å². The Bertz CT molecular complexity index is 381. The Morgan fingerprint density at radius 1 is 1.19 bits per heavy atom. The predicted octanol–water partition coefficient (Wildman–Crippen LogP) is 1.82. The lowest BCUT2D eigenvalue weighted by Crippen LogP contribution is -2.11. The van der Waals surface area contributed by atoms with Crippen molar-refractivity contribution >= 4 is 5.97 Å². The number of hydrogen-bond acceptors (Lipinski definition) is 4. The fraction of sp³-hybridized carbons (Fsp3) is 0.250. The van der Waals surface area contributed by atoms with Gasteiger partial charge >= 0.3 is 5.97 Å². The molecule has 0 aromatic heterocycles. The molecule has 0 atom stereocenters. The van der Waals surface area contributed by atoms with E-state index in [9.17, 15) is 9.90 Å². The Morgan fingerprint density at radius 3 is 2.31 bits per heavy atom. The number of esters is 1. The van der Waals surface area contributed by atoms with E-state index in [4.69, 9.17) is 0 Å². The fourth-order valence-electron chi connectivity index (χ4n) is 1.28. The van der Waals surface area contributed by atoms with Crippen molar-refractivity contribution in [1.29, 1.82) is 0 Å². The largest absolute Gasteiger partial charge is 0.481 e.